The smallest absolute Gasteiger partial charge is 0.0604 e. The van der Waals surface area contributed by atoms with E-state index in [4.69, 9.17) is 28.9 Å². The summed E-state index contributed by atoms with van der Waals surface area (Å²) in [6.07, 6.45) is 3.02. The summed E-state index contributed by atoms with van der Waals surface area (Å²) in [5, 5.41) is 0.948. The van der Waals surface area contributed by atoms with Crippen LogP contribution < -0.4 is 5.73 Å². The minimum absolute atomic E-state index is 0.172. The van der Waals surface area contributed by atoms with E-state index in [0.717, 1.165) is 24.2 Å². The van der Waals surface area contributed by atoms with Crippen molar-refractivity contribution in [1.29, 1.82) is 0 Å². The zero-order chi connectivity index (χ0) is 14.5. The van der Waals surface area contributed by atoms with Crippen LogP contribution in [0.25, 0.3) is 0 Å². The van der Waals surface area contributed by atoms with E-state index in [2.05, 4.69) is 13.8 Å². The van der Waals surface area contributed by atoms with Gasteiger partial charge in [0.2, 0.25) is 0 Å². The molecule has 5 heteroatoms. The fourth-order valence-corrected chi connectivity index (χ4v) is 3.21. The zero-order valence-electron chi connectivity index (χ0n) is 11.4. The van der Waals surface area contributed by atoms with E-state index < -0.39 is 10.8 Å². The predicted octanol–water partition coefficient (Wildman–Crippen LogP) is 4.26. The topological polar surface area (TPSA) is 43.1 Å². The molecule has 0 radical (unpaired) electrons. The molecule has 0 bridgehead atoms. The van der Waals surface area contributed by atoms with Crippen LogP contribution in [-0.4, -0.2) is 16.5 Å². The fraction of sp³-hybridized carbons (Fsp3) is 0.571. The van der Waals surface area contributed by atoms with Crippen molar-refractivity contribution in [2.75, 3.05) is 12.3 Å². The summed E-state index contributed by atoms with van der Waals surface area (Å²) < 4.78 is 12.1. The van der Waals surface area contributed by atoms with Crippen LogP contribution >= 0.6 is 23.2 Å². The zero-order valence-corrected chi connectivity index (χ0v) is 13.7. The maximum absolute atomic E-state index is 12.1. The highest BCUT2D eigenvalue weighted by atomic mass is 35.5. The number of hydrogen-bond acceptors (Lipinski definition) is 2. The first-order valence-electron chi connectivity index (χ1n) is 6.39. The van der Waals surface area contributed by atoms with Gasteiger partial charge in [0.05, 0.1) is 20.8 Å². The fourth-order valence-electron chi connectivity index (χ4n) is 1.68. The van der Waals surface area contributed by atoms with Gasteiger partial charge < -0.3 is 5.73 Å². The van der Waals surface area contributed by atoms with Crippen molar-refractivity contribution in [3.63, 3.8) is 0 Å². The first kappa shape index (κ1) is 17.0. The van der Waals surface area contributed by atoms with Crippen LogP contribution in [0.2, 0.25) is 10.0 Å². The average molecular weight is 322 g/mol. The Morgan fingerprint density at radius 3 is 2.47 bits per heavy atom. The van der Waals surface area contributed by atoms with Crippen molar-refractivity contribution in [1.82, 2.24) is 0 Å². The third-order valence-electron chi connectivity index (χ3n) is 3.14. The Balaban J connectivity index is 2.41. The highest BCUT2D eigenvalue weighted by Crippen LogP contribution is 2.25. The molecule has 0 aromatic heterocycles. The van der Waals surface area contributed by atoms with E-state index in [-0.39, 0.29) is 5.41 Å². The van der Waals surface area contributed by atoms with Gasteiger partial charge in [0.1, 0.15) is 0 Å². The van der Waals surface area contributed by atoms with Crippen molar-refractivity contribution in [3.8, 4) is 0 Å². The standard InChI is InChI=1S/C14H21Cl2NOS/c1-14(2,10-17)7-3-4-8-19(18)11-5-6-12(15)13(16)9-11/h5-6,9H,3-4,7-8,10,17H2,1-2H3. The second-order valence-electron chi connectivity index (χ2n) is 5.45. The molecule has 0 heterocycles. The molecule has 1 unspecified atom stereocenters. The van der Waals surface area contributed by atoms with Crippen LogP contribution in [0, 0.1) is 5.41 Å². The molecule has 108 valence electrons. The van der Waals surface area contributed by atoms with Crippen molar-refractivity contribution in [2.45, 2.75) is 38.0 Å². The molecule has 19 heavy (non-hydrogen) atoms. The van der Waals surface area contributed by atoms with Gasteiger partial charge in [-0.05, 0) is 43.0 Å². The molecule has 0 saturated heterocycles. The lowest BCUT2D eigenvalue weighted by Crippen LogP contribution is -2.23. The monoisotopic (exact) mass is 321 g/mol. The Morgan fingerprint density at radius 1 is 1.21 bits per heavy atom. The molecular weight excluding hydrogens is 301 g/mol. The highest BCUT2D eigenvalue weighted by molar-refractivity contribution is 7.85. The van der Waals surface area contributed by atoms with Gasteiger partial charge in [-0.25, -0.2) is 0 Å². The Morgan fingerprint density at radius 2 is 1.89 bits per heavy atom. The number of hydrogen-bond donors (Lipinski definition) is 1. The molecule has 0 spiro atoms. The molecule has 2 nitrogen and oxygen atoms in total. The minimum Gasteiger partial charge on any atom is -0.330 e. The van der Waals surface area contributed by atoms with Gasteiger partial charge in [0.25, 0.3) is 0 Å². The highest BCUT2D eigenvalue weighted by Gasteiger charge is 2.15. The van der Waals surface area contributed by atoms with Crippen LogP contribution in [0.15, 0.2) is 23.1 Å². The maximum atomic E-state index is 12.1. The van der Waals surface area contributed by atoms with Crippen molar-refractivity contribution in [3.05, 3.63) is 28.2 Å². The normalized spacial score (nSPS) is 13.5. The number of halogens is 2. The number of nitrogens with two attached hydrogens (primary N) is 1. The Hall–Kier alpha value is -0.0900. The Labute approximate surface area is 128 Å². The first-order valence-corrected chi connectivity index (χ1v) is 8.47. The molecule has 1 atom stereocenters. The van der Waals surface area contributed by atoms with Gasteiger partial charge in [-0.15, -0.1) is 0 Å². The lowest BCUT2D eigenvalue weighted by atomic mass is 9.88. The molecule has 0 aliphatic carbocycles. The second-order valence-corrected chi connectivity index (χ2v) is 7.84. The molecule has 0 aliphatic rings. The lowest BCUT2D eigenvalue weighted by Gasteiger charge is -2.21. The molecule has 0 aliphatic heterocycles. The number of benzene rings is 1. The van der Waals surface area contributed by atoms with E-state index in [0.29, 0.717) is 22.3 Å². The SMILES string of the molecule is CC(C)(CN)CCCCS(=O)c1ccc(Cl)c(Cl)c1. The van der Waals surface area contributed by atoms with Gasteiger partial charge in [-0.2, -0.15) is 0 Å². The minimum atomic E-state index is -1.01. The van der Waals surface area contributed by atoms with Crippen molar-refractivity contribution < 1.29 is 4.21 Å². The van der Waals surface area contributed by atoms with Crippen LogP contribution in [-0.2, 0) is 10.8 Å². The summed E-state index contributed by atoms with van der Waals surface area (Å²) in [6.45, 7) is 4.99. The van der Waals surface area contributed by atoms with E-state index in [1.165, 1.54) is 0 Å². The van der Waals surface area contributed by atoms with Crippen LogP contribution in [0.3, 0.4) is 0 Å². The van der Waals surface area contributed by atoms with Gasteiger partial charge in [-0.3, -0.25) is 4.21 Å². The summed E-state index contributed by atoms with van der Waals surface area (Å²) in [4.78, 5) is 0.743. The number of unbranched alkanes of at least 4 members (excludes halogenated alkanes) is 1. The molecule has 2 N–H and O–H groups in total. The number of rotatable bonds is 7. The summed E-state index contributed by atoms with van der Waals surface area (Å²) in [6, 6.07) is 5.15. The summed E-state index contributed by atoms with van der Waals surface area (Å²) in [7, 11) is -1.01. The van der Waals surface area contributed by atoms with Crippen LogP contribution in [0.1, 0.15) is 33.1 Å². The second kappa shape index (κ2) is 7.63. The Bertz CT molecular complexity index is 449. The molecule has 0 saturated carbocycles. The summed E-state index contributed by atoms with van der Waals surface area (Å²) in [5.74, 6) is 0.651. The van der Waals surface area contributed by atoms with Crippen molar-refractivity contribution >= 4 is 34.0 Å². The molecule has 0 amide bonds. The third kappa shape index (κ3) is 5.82. The molecule has 0 fully saturated rings. The third-order valence-corrected chi connectivity index (χ3v) is 5.32. The Kier molecular flexibility index (Phi) is 6.81. The van der Waals surface area contributed by atoms with Gasteiger partial charge in [0.15, 0.2) is 0 Å². The molecular formula is C14H21Cl2NOS. The molecule has 1 aromatic rings. The van der Waals surface area contributed by atoms with Gasteiger partial charge in [0, 0.05) is 10.6 Å². The summed E-state index contributed by atoms with van der Waals surface area (Å²) >= 11 is 11.8. The first-order chi connectivity index (χ1) is 8.85. The molecule has 1 aromatic carbocycles. The summed E-state index contributed by atoms with van der Waals surface area (Å²) in [5.41, 5.74) is 5.85. The van der Waals surface area contributed by atoms with Crippen LogP contribution in [0.5, 0.6) is 0 Å². The average Bonchev–Trinajstić information content (AvgIpc) is 2.37. The predicted molar refractivity (Wildman–Crippen MR) is 84.4 cm³/mol. The molecule has 1 rings (SSSR count). The van der Waals surface area contributed by atoms with Gasteiger partial charge in [-0.1, -0.05) is 43.5 Å². The lowest BCUT2D eigenvalue weighted by molar-refractivity contribution is 0.336. The largest absolute Gasteiger partial charge is 0.330 e. The van der Waals surface area contributed by atoms with Crippen molar-refractivity contribution in [2.24, 2.45) is 11.1 Å². The van der Waals surface area contributed by atoms with E-state index in [1.54, 1.807) is 18.2 Å². The maximum Gasteiger partial charge on any atom is 0.0604 e. The quantitative estimate of drug-likeness (QED) is 0.762. The van der Waals surface area contributed by atoms with E-state index >= 15 is 0 Å². The van der Waals surface area contributed by atoms with E-state index in [1.807, 2.05) is 0 Å². The van der Waals surface area contributed by atoms with Gasteiger partial charge >= 0.3 is 0 Å². The van der Waals surface area contributed by atoms with Crippen LogP contribution in [0.4, 0.5) is 0 Å². The van der Waals surface area contributed by atoms with E-state index in [9.17, 15) is 4.21 Å².